The summed E-state index contributed by atoms with van der Waals surface area (Å²) in [5.41, 5.74) is 4.62. The van der Waals surface area contributed by atoms with Crippen LogP contribution in [0.1, 0.15) is 10.4 Å². The summed E-state index contributed by atoms with van der Waals surface area (Å²) in [5, 5.41) is 0.252. The quantitative estimate of drug-likeness (QED) is 0.653. The second-order valence-corrected chi connectivity index (χ2v) is 5.77. The van der Waals surface area contributed by atoms with Crippen LogP contribution in [0.4, 0.5) is 8.78 Å². The minimum Gasteiger partial charge on any atom is -0.272 e. The normalized spacial score (nSPS) is 10.2. The molecule has 0 bridgehead atoms. The monoisotopic (exact) mass is 356 g/mol. The number of benzene rings is 2. The first-order valence-electron chi connectivity index (χ1n) is 6.39. The first-order chi connectivity index (χ1) is 11.0. The van der Waals surface area contributed by atoms with Crippen molar-refractivity contribution < 1.29 is 18.4 Å². The molecule has 23 heavy (non-hydrogen) atoms. The number of nitrogens with one attached hydrogen (secondary N) is 2. The third-order valence-corrected chi connectivity index (χ3v) is 4.06. The summed E-state index contributed by atoms with van der Waals surface area (Å²) in [6, 6.07) is 9.44. The minimum absolute atomic E-state index is 0.138. The van der Waals surface area contributed by atoms with Gasteiger partial charge in [-0.25, -0.2) is 8.78 Å². The van der Waals surface area contributed by atoms with Crippen molar-refractivity contribution in [3.8, 4) is 0 Å². The van der Waals surface area contributed by atoms with E-state index in [1.807, 2.05) is 0 Å². The van der Waals surface area contributed by atoms with Crippen molar-refractivity contribution in [2.45, 2.75) is 4.90 Å². The molecule has 0 saturated carbocycles. The van der Waals surface area contributed by atoms with E-state index in [2.05, 4.69) is 10.9 Å². The molecule has 4 nitrogen and oxygen atoms in total. The molecule has 0 aliphatic heterocycles. The van der Waals surface area contributed by atoms with E-state index >= 15 is 0 Å². The molecule has 0 radical (unpaired) electrons. The number of hydrogen-bond donors (Lipinski definition) is 2. The van der Waals surface area contributed by atoms with E-state index in [9.17, 15) is 18.4 Å². The fourth-order valence-corrected chi connectivity index (χ4v) is 2.55. The van der Waals surface area contributed by atoms with Crippen molar-refractivity contribution >= 4 is 35.2 Å². The van der Waals surface area contributed by atoms with Gasteiger partial charge < -0.3 is 0 Å². The first-order valence-corrected chi connectivity index (χ1v) is 7.75. The van der Waals surface area contributed by atoms with E-state index in [-0.39, 0.29) is 21.2 Å². The third-order valence-electron chi connectivity index (χ3n) is 2.69. The number of carbonyl (C=O) groups is 2. The molecule has 2 amide bonds. The standard InChI is InChI=1S/C15H11ClF2N2O2S/c16-11-4-2-1-3-10(11)15(22)20-19-14(21)8-23-13-6-5-9(17)7-12(13)18/h1-7H,8H2,(H,19,21)(H,20,22). The maximum atomic E-state index is 13.4. The lowest BCUT2D eigenvalue weighted by molar-refractivity contribution is -0.119. The lowest BCUT2D eigenvalue weighted by Gasteiger charge is -2.08. The van der Waals surface area contributed by atoms with Crippen molar-refractivity contribution in [3.05, 3.63) is 64.7 Å². The molecule has 2 rings (SSSR count). The Labute approximate surface area is 140 Å². The Hall–Kier alpha value is -2.12. The van der Waals surface area contributed by atoms with Crippen LogP contribution < -0.4 is 10.9 Å². The van der Waals surface area contributed by atoms with Crippen LogP contribution in [0.15, 0.2) is 47.4 Å². The van der Waals surface area contributed by atoms with Crippen molar-refractivity contribution in [2.24, 2.45) is 0 Å². The summed E-state index contributed by atoms with van der Waals surface area (Å²) in [5.74, 6) is -2.70. The molecule has 0 saturated heterocycles. The number of amides is 2. The average molecular weight is 357 g/mol. The first kappa shape index (κ1) is 17.2. The van der Waals surface area contributed by atoms with Gasteiger partial charge in [-0.1, -0.05) is 23.7 Å². The van der Waals surface area contributed by atoms with Crippen molar-refractivity contribution in [1.82, 2.24) is 10.9 Å². The van der Waals surface area contributed by atoms with Crippen LogP contribution in [0.25, 0.3) is 0 Å². The molecule has 0 aliphatic carbocycles. The molecule has 0 aliphatic rings. The van der Waals surface area contributed by atoms with Crippen molar-refractivity contribution in [1.29, 1.82) is 0 Å². The predicted octanol–water partition coefficient (Wildman–Crippen LogP) is 3.17. The zero-order chi connectivity index (χ0) is 16.8. The lowest BCUT2D eigenvalue weighted by Crippen LogP contribution is -2.42. The number of hydrazine groups is 1. The largest absolute Gasteiger partial charge is 0.272 e. The minimum atomic E-state index is -0.747. The third kappa shape index (κ3) is 4.94. The van der Waals surface area contributed by atoms with Crippen LogP contribution in [-0.2, 0) is 4.79 Å². The Balaban J connectivity index is 1.83. The predicted molar refractivity (Wildman–Crippen MR) is 84.1 cm³/mol. The summed E-state index contributed by atoms with van der Waals surface area (Å²) >= 11 is 6.74. The highest BCUT2D eigenvalue weighted by Crippen LogP contribution is 2.21. The van der Waals surface area contributed by atoms with E-state index in [0.717, 1.165) is 23.9 Å². The van der Waals surface area contributed by atoms with E-state index < -0.39 is 23.4 Å². The smallest absolute Gasteiger partial charge is 0.271 e. The van der Waals surface area contributed by atoms with Gasteiger partial charge in [0.25, 0.3) is 5.91 Å². The van der Waals surface area contributed by atoms with Gasteiger partial charge in [-0.2, -0.15) is 0 Å². The fraction of sp³-hybridized carbons (Fsp3) is 0.0667. The zero-order valence-corrected chi connectivity index (χ0v) is 13.2. The summed E-state index contributed by atoms with van der Waals surface area (Å²) in [6.07, 6.45) is 0. The van der Waals surface area contributed by atoms with E-state index in [4.69, 9.17) is 11.6 Å². The van der Waals surface area contributed by atoms with E-state index in [0.29, 0.717) is 0 Å². The van der Waals surface area contributed by atoms with Gasteiger partial charge in [-0.15, -0.1) is 11.8 Å². The van der Waals surface area contributed by atoms with Crippen LogP contribution in [0.5, 0.6) is 0 Å². The van der Waals surface area contributed by atoms with Gasteiger partial charge in [0.2, 0.25) is 5.91 Å². The maximum Gasteiger partial charge on any atom is 0.271 e. The Morgan fingerprint density at radius 3 is 2.52 bits per heavy atom. The Kier molecular flexibility index (Phi) is 5.95. The van der Waals surface area contributed by atoms with Crippen LogP contribution in [0.3, 0.4) is 0 Å². The highest BCUT2D eigenvalue weighted by molar-refractivity contribution is 8.00. The molecule has 8 heteroatoms. The Morgan fingerprint density at radius 1 is 1.09 bits per heavy atom. The van der Waals surface area contributed by atoms with Gasteiger partial charge in [-0.05, 0) is 24.3 Å². The van der Waals surface area contributed by atoms with Gasteiger partial charge in [0.15, 0.2) is 0 Å². The summed E-state index contributed by atoms with van der Waals surface area (Å²) in [7, 11) is 0. The molecular weight excluding hydrogens is 346 g/mol. The second-order valence-electron chi connectivity index (χ2n) is 4.35. The molecule has 0 heterocycles. The van der Waals surface area contributed by atoms with Crippen molar-refractivity contribution in [2.75, 3.05) is 5.75 Å². The summed E-state index contributed by atoms with van der Waals surface area (Å²) < 4.78 is 26.2. The molecule has 120 valence electrons. The molecule has 0 fully saturated rings. The van der Waals surface area contributed by atoms with E-state index in [1.165, 1.54) is 12.1 Å². The Bertz CT molecular complexity index is 743. The molecule has 0 spiro atoms. The number of thioether (sulfide) groups is 1. The SMILES string of the molecule is O=C(CSc1ccc(F)cc1F)NNC(=O)c1ccccc1Cl. The summed E-state index contributed by atoms with van der Waals surface area (Å²) in [4.78, 5) is 23.6. The molecular formula is C15H11ClF2N2O2S. The molecule has 2 aromatic rings. The maximum absolute atomic E-state index is 13.4. The molecule has 0 aromatic heterocycles. The molecule has 0 atom stereocenters. The van der Waals surface area contributed by atoms with Crippen LogP contribution in [0, 0.1) is 11.6 Å². The van der Waals surface area contributed by atoms with E-state index in [1.54, 1.807) is 18.2 Å². The number of halogens is 3. The highest BCUT2D eigenvalue weighted by Gasteiger charge is 2.11. The molecule has 2 aromatic carbocycles. The van der Waals surface area contributed by atoms with Crippen LogP contribution >= 0.6 is 23.4 Å². The van der Waals surface area contributed by atoms with Gasteiger partial charge in [0.1, 0.15) is 11.6 Å². The summed E-state index contributed by atoms with van der Waals surface area (Å²) in [6.45, 7) is 0. The highest BCUT2D eigenvalue weighted by atomic mass is 35.5. The molecule has 0 unspecified atom stereocenters. The van der Waals surface area contributed by atoms with Gasteiger partial charge in [-0.3, -0.25) is 20.4 Å². The average Bonchev–Trinajstić information content (AvgIpc) is 2.52. The second kappa shape index (κ2) is 7.94. The number of carbonyl (C=O) groups excluding carboxylic acids is 2. The topological polar surface area (TPSA) is 58.2 Å². The fourth-order valence-electron chi connectivity index (χ4n) is 1.61. The lowest BCUT2D eigenvalue weighted by atomic mass is 10.2. The van der Waals surface area contributed by atoms with Crippen molar-refractivity contribution in [3.63, 3.8) is 0 Å². The number of hydrogen-bond acceptors (Lipinski definition) is 3. The van der Waals surface area contributed by atoms with Crippen LogP contribution in [-0.4, -0.2) is 17.6 Å². The molecule has 2 N–H and O–H groups in total. The van der Waals surface area contributed by atoms with Gasteiger partial charge >= 0.3 is 0 Å². The van der Waals surface area contributed by atoms with Crippen LogP contribution in [0.2, 0.25) is 5.02 Å². The number of rotatable bonds is 4. The zero-order valence-electron chi connectivity index (χ0n) is 11.6. The van der Waals surface area contributed by atoms with Gasteiger partial charge in [0.05, 0.1) is 16.3 Å². The Morgan fingerprint density at radius 2 is 1.83 bits per heavy atom. The van der Waals surface area contributed by atoms with Gasteiger partial charge in [0, 0.05) is 11.0 Å².